The molecule has 0 saturated carbocycles. The molecular formula is C17H17ClN2O5S. The molecule has 0 aliphatic carbocycles. The van der Waals surface area contributed by atoms with E-state index < -0.39 is 28.0 Å². The van der Waals surface area contributed by atoms with E-state index in [1.54, 1.807) is 18.2 Å². The van der Waals surface area contributed by atoms with E-state index in [1.807, 2.05) is 13.0 Å². The number of amides is 1. The molecule has 0 fully saturated rings. The van der Waals surface area contributed by atoms with Crippen LogP contribution in [-0.2, 0) is 19.6 Å². The number of halogens is 1. The maximum absolute atomic E-state index is 12.2. The number of hydrogen-bond acceptors (Lipinski definition) is 5. The maximum atomic E-state index is 12.2. The summed E-state index contributed by atoms with van der Waals surface area (Å²) >= 11 is 5.91. The van der Waals surface area contributed by atoms with E-state index in [2.05, 4.69) is 5.32 Å². The van der Waals surface area contributed by atoms with Crippen LogP contribution in [0.1, 0.15) is 22.8 Å². The predicted molar refractivity (Wildman–Crippen MR) is 97.5 cm³/mol. The lowest BCUT2D eigenvalue weighted by molar-refractivity contribution is -0.123. The lowest BCUT2D eigenvalue weighted by Gasteiger charge is -2.14. The number of rotatable bonds is 5. The van der Waals surface area contributed by atoms with E-state index in [4.69, 9.17) is 21.5 Å². The first-order valence-corrected chi connectivity index (χ1v) is 9.41. The van der Waals surface area contributed by atoms with Crippen molar-refractivity contribution in [2.75, 3.05) is 5.32 Å². The molecule has 0 spiro atoms. The van der Waals surface area contributed by atoms with Crippen LogP contribution in [0, 0.1) is 6.92 Å². The van der Waals surface area contributed by atoms with Crippen molar-refractivity contribution in [3.63, 3.8) is 0 Å². The molecule has 2 rings (SSSR count). The van der Waals surface area contributed by atoms with Crippen molar-refractivity contribution in [2.24, 2.45) is 5.14 Å². The number of nitrogens with two attached hydrogens (primary N) is 1. The van der Waals surface area contributed by atoms with Gasteiger partial charge < -0.3 is 10.1 Å². The molecule has 26 heavy (non-hydrogen) atoms. The first kappa shape index (κ1) is 19.9. The fourth-order valence-electron chi connectivity index (χ4n) is 2.08. The van der Waals surface area contributed by atoms with E-state index in [-0.39, 0.29) is 15.5 Å². The van der Waals surface area contributed by atoms with Crippen molar-refractivity contribution >= 4 is 39.2 Å². The first-order valence-electron chi connectivity index (χ1n) is 7.49. The number of nitrogens with one attached hydrogen (secondary N) is 1. The highest BCUT2D eigenvalue weighted by Crippen LogP contribution is 2.21. The summed E-state index contributed by atoms with van der Waals surface area (Å²) < 4.78 is 27.9. The minimum Gasteiger partial charge on any atom is -0.449 e. The average molecular weight is 397 g/mol. The molecule has 2 aromatic carbocycles. The number of esters is 1. The van der Waals surface area contributed by atoms with Crippen LogP contribution in [0.5, 0.6) is 0 Å². The van der Waals surface area contributed by atoms with Crippen LogP contribution in [0.15, 0.2) is 47.4 Å². The molecule has 0 bridgehead atoms. The molecule has 0 aromatic heterocycles. The lowest BCUT2D eigenvalue weighted by Crippen LogP contribution is -2.30. The molecule has 0 aliphatic rings. The van der Waals surface area contributed by atoms with Gasteiger partial charge in [-0.15, -0.1) is 0 Å². The van der Waals surface area contributed by atoms with Gasteiger partial charge in [0.05, 0.1) is 15.5 Å². The number of ether oxygens (including phenoxy) is 1. The van der Waals surface area contributed by atoms with Crippen LogP contribution in [-0.4, -0.2) is 26.4 Å². The summed E-state index contributed by atoms with van der Waals surface area (Å²) in [5.41, 5.74) is 1.32. The first-order chi connectivity index (χ1) is 12.1. The SMILES string of the molecule is Cc1cccc(NC(=O)[C@H](C)OC(=O)c2cc(S(N)(=O)=O)ccc2Cl)c1. The van der Waals surface area contributed by atoms with E-state index >= 15 is 0 Å². The Morgan fingerprint density at radius 2 is 1.88 bits per heavy atom. The Bertz CT molecular complexity index is 959. The Morgan fingerprint density at radius 3 is 2.50 bits per heavy atom. The molecule has 0 heterocycles. The Balaban J connectivity index is 2.12. The number of benzene rings is 2. The molecule has 2 aromatic rings. The van der Waals surface area contributed by atoms with Crippen molar-refractivity contribution in [3.05, 3.63) is 58.6 Å². The van der Waals surface area contributed by atoms with Gasteiger partial charge >= 0.3 is 5.97 Å². The third-order valence-electron chi connectivity index (χ3n) is 3.42. The number of aryl methyl sites for hydroxylation is 1. The van der Waals surface area contributed by atoms with Gasteiger partial charge in [0.15, 0.2) is 6.10 Å². The number of anilines is 1. The molecule has 7 nitrogen and oxygen atoms in total. The van der Waals surface area contributed by atoms with Crippen LogP contribution < -0.4 is 10.5 Å². The van der Waals surface area contributed by atoms with Gasteiger partial charge in [0.2, 0.25) is 10.0 Å². The Kier molecular flexibility index (Phi) is 6.01. The number of carbonyl (C=O) groups excluding carboxylic acids is 2. The Morgan fingerprint density at radius 1 is 1.19 bits per heavy atom. The minimum atomic E-state index is -4.01. The molecule has 3 N–H and O–H groups in total. The largest absolute Gasteiger partial charge is 0.449 e. The summed E-state index contributed by atoms with van der Waals surface area (Å²) in [4.78, 5) is 24.1. The minimum absolute atomic E-state index is 0.0197. The summed E-state index contributed by atoms with van der Waals surface area (Å²) in [5.74, 6) is -1.48. The third kappa shape index (κ3) is 5.04. The van der Waals surface area contributed by atoms with Crippen LogP contribution in [0.25, 0.3) is 0 Å². The monoisotopic (exact) mass is 396 g/mol. The molecule has 0 saturated heterocycles. The highest BCUT2D eigenvalue weighted by molar-refractivity contribution is 7.89. The zero-order chi connectivity index (χ0) is 19.5. The van der Waals surface area contributed by atoms with Crippen LogP contribution >= 0.6 is 11.6 Å². The molecule has 0 aliphatic heterocycles. The molecular weight excluding hydrogens is 380 g/mol. The van der Waals surface area contributed by atoms with Gasteiger partial charge in [-0.05, 0) is 49.7 Å². The fraction of sp³-hybridized carbons (Fsp3) is 0.176. The number of primary sulfonamides is 1. The van der Waals surface area contributed by atoms with Gasteiger partial charge in [0, 0.05) is 5.69 Å². The highest BCUT2D eigenvalue weighted by atomic mass is 35.5. The second kappa shape index (κ2) is 7.86. The molecule has 0 radical (unpaired) electrons. The van der Waals surface area contributed by atoms with E-state index in [1.165, 1.54) is 19.1 Å². The fourth-order valence-corrected chi connectivity index (χ4v) is 2.82. The van der Waals surface area contributed by atoms with Gasteiger partial charge in [-0.2, -0.15) is 0 Å². The predicted octanol–water partition coefficient (Wildman–Crippen LogP) is 2.48. The van der Waals surface area contributed by atoms with Gasteiger partial charge in [-0.25, -0.2) is 18.4 Å². The third-order valence-corrected chi connectivity index (χ3v) is 4.67. The van der Waals surface area contributed by atoms with Crippen molar-refractivity contribution in [2.45, 2.75) is 24.8 Å². The van der Waals surface area contributed by atoms with E-state index in [0.29, 0.717) is 5.69 Å². The molecule has 138 valence electrons. The summed E-state index contributed by atoms with van der Waals surface area (Å²) in [6.07, 6.45) is -1.13. The van der Waals surface area contributed by atoms with Crippen LogP contribution in [0.2, 0.25) is 5.02 Å². The van der Waals surface area contributed by atoms with E-state index in [9.17, 15) is 18.0 Å². The van der Waals surface area contributed by atoms with Gasteiger partial charge in [-0.3, -0.25) is 4.79 Å². The Hall–Kier alpha value is -2.42. The van der Waals surface area contributed by atoms with Gasteiger partial charge in [0.1, 0.15) is 0 Å². The second-order valence-corrected chi connectivity index (χ2v) is 7.56. The quantitative estimate of drug-likeness (QED) is 0.753. The van der Waals surface area contributed by atoms with Crippen LogP contribution in [0.4, 0.5) is 5.69 Å². The lowest BCUT2D eigenvalue weighted by atomic mass is 10.2. The van der Waals surface area contributed by atoms with E-state index in [0.717, 1.165) is 11.6 Å². The van der Waals surface area contributed by atoms with Crippen LogP contribution in [0.3, 0.4) is 0 Å². The Labute approximate surface area is 156 Å². The summed E-state index contributed by atoms with van der Waals surface area (Å²) in [7, 11) is -4.01. The standard InChI is InChI=1S/C17H17ClN2O5S/c1-10-4-3-5-12(8-10)20-16(21)11(2)25-17(22)14-9-13(26(19,23)24)6-7-15(14)18/h3-9,11H,1-2H3,(H,20,21)(H2,19,23,24)/t11-/m0/s1. The van der Waals surface area contributed by atoms with Crippen molar-refractivity contribution < 1.29 is 22.7 Å². The van der Waals surface area contributed by atoms with Crippen molar-refractivity contribution in [1.29, 1.82) is 0 Å². The zero-order valence-electron chi connectivity index (χ0n) is 14.0. The molecule has 9 heteroatoms. The summed E-state index contributed by atoms with van der Waals surface area (Å²) in [6.45, 7) is 3.26. The normalized spacial score (nSPS) is 12.3. The summed E-state index contributed by atoms with van der Waals surface area (Å²) in [5, 5.41) is 7.64. The number of hydrogen-bond donors (Lipinski definition) is 2. The highest BCUT2D eigenvalue weighted by Gasteiger charge is 2.22. The number of carbonyl (C=O) groups is 2. The second-order valence-electron chi connectivity index (χ2n) is 5.59. The number of sulfonamides is 1. The van der Waals surface area contributed by atoms with Gasteiger partial charge in [-0.1, -0.05) is 23.7 Å². The zero-order valence-corrected chi connectivity index (χ0v) is 15.6. The summed E-state index contributed by atoms with van der Waals surface area (Å²) in [6, 6.07) is 10.5. The smallest absolute Gasteiger partial charge is 0.340 e. The molecule has 0 unspecified atom stereocenters. The molecule has 1 amide bonds. The molecule has 1 atom stereocenters. The van der Waals surface area contributed by atoms with Crippen molar-refractivity contribution in [3.8, 4) is 0 Å². The van der Waals surface area contributed by atoms with Crippen molar-refractivity contribution in [1.82, 2.24) is 0 Å². The topological polar surface area (TPSA) is 116 Å². The van der Waals surface area contributed by atoms with Gasteiger partial charge in [0.25, 0.3) is 5.91 Å². The maximum Gasteiger partial charge on any atom is 0.340 e. The average Bonchev–Trinajstić information content (AvgIpc) is 2.53.